The minimum absolute atomic E-state index is 0.209. The van der Waals surface area contributed by atoms with E-state index in [1.165, 1.54) is 0 Å². The molecule has 0 amide bonds. The molecule has 3 nitrogen and oxygen atoms in total. The zero-order chi connectivity index (χ0) is 14.6. The molecule has 0 heterocycles. The topological polar surface area (TPSA) is 57.5 Å². The molecule has 3 aliphatic rings. The van der Waals surface area contributed by atoms with Gasteiger partial charge in [-0.05, 0) is 33.6 Å². The second-order valence-electron chi connectivity index (χ2n) is 6.12. The number of aliphatic hydroxyl groups is 2. The summed E-state index contributed by atoms with van der Waals surface area (Å²) >= 11 is 0. The number of hydrogen-bond donors (Lipinski definition) is 2. The minimum Gasteiger partial charge on any atom is -0.389 e. The lowest BCUT2D eigenvalue weighted by Crippen LogP contribution is -2.63. The first kappa shape index (κ1) is 14.5. The van der Waals surface area contributed by atoms with Crippen molar-refractivity contribution in [3.8, 4) is 0 Å². The maximum absolute atomic E-state index is 12.4. The van der Waals surface area contributed by atoms with Crippen LogP contribution >= 0.6 is 0 Å². The lowest BCUT2D eigenvalue weighted by atomic mass is 9.58. The Morgan fingerprint density at radius 1 is 1.21 bits per heavy atom. The number of carbonyl (C=O) groups excluding carboxylic acids is 1. The molecule has 0 aromatic carbocycles. The molecule has 3 aliphatic carbocycles. The number of allylic oxidation sites excluding steroid dienone is 2. The van der Waals surface area contributed by atoms with Gasteiger partial charge < -0.3 is 10.2 Å². The molecule has 0 aromatic heterocycles. The molecule has 3 heteroatoms. The Morgan fingerprint density at radius 3 is 2.21 bits per heavy atom. The van der Waals surface area contributed by atoms with Crippen molar-refractivity contribution in [3.05, 3.63) is 23.3 Å². The maximum atomic E-state index is 12.4. The first-order valence-corrected chi connectivity index (χ1v) is 7.14. The van der Waals surface area contributed by atoms with E-state index < -0.39 is 16.6 Å². The molecular formula is C16H24O3. The van der Waals surface area contributed by atoms with E-state index in [1.54, 1.807) is 19.9 Å². The SMILES string of the molecule is CC.CC1=CC2C(=C1)C(=O)C(C)(O)C1(CC1)C2(C)O. The van der Waals surface area contributed by atoms with Crippen molar-refractivity contribution in [3.63, 3.8) is 0 Å². The third kappa shape index (κ3) is 1.55. The van der Waals surface area contributed by atoms with E-state index in [0.29, 0.717) is 5.57 Å². The third-order valence-corrected chi connectivity index (χ3v) is 5.11. The molecule has 0 radical (unpaired) electrons. The second kappa shape index (κ2) is 4.03. The molecule has 0 aromatic rings. The van der Waals surface area contributed by atoms with Gasteiger partial charge in [-0.1, -0.05) is 31.6 Å². The molecule has 106 valence electrons. The molecule has 2 N–H and O–H groups in total. The van der Waals surface area contributed by atoms with Crippen molar-refractivity contribution in [1.29, 1.82) is 0 Å². The van der Waals surface area contributed by atoms with Crippen LogP contribution in [0.5, 0.6) is 0 Å². The molecule has 2 fully saturated rings. The van der Waals surface area contributed by atoms with Crippen LogP contribution in [0.15, 0.2) is 23.3 Å². The lowest BCUT2D eigenvalue weighted by molar-refractivity contribution is -0.175. The molecule has 3 unspecified atom stereocenters. The zero-order valence-electron chi connectivity index (χ0n) is 12.4. The van der Waals surface area contributed by atoms with Crippen LogP contribution in [0.4, 0.5) is 0 Å². The van der Waals surface area contributed by atoms with E-state index in [1.807, 2.05) is 26.8 Å². The van der Waals surface area contributed by atoms with Gasteiger partial charge in [-0.15, -0.1) is 0 Å². The van der Waals surface area contributed by atoms with Gasteiger partial charge in [0.15, 0.2) is 5.78 Å². The van der Waals surface area contributed by atoms with Crippen LogP contribution in [0.2, 0.25) is 0 Å². The molecule has 3 rings (SSSR count). The van der Waals surface area contributed by atoms with Crippen LogP contribution in [0, 0.1) is 11.3 Å². The highest BCUT2D eigenvalue weighted by atomic mass is 16.3. The van der Waals surface area contributed by atoms with Crippen molar-refractivity contribution in [2.75, 3.05) is 0 Å². The van der Waals surface area contributed by atoms with Crippen LogP contribution in [-0.2, 0) is 4.79 Å². The summed E-state index contributed by atoms with van der Waals surface area (Å²) < 4.78 is 0. The van der Waals surface area contributed by atoms with Crippen molar-refractivity contribution >= 4 is 5.78 Å². The molecule has 19 heavy (non-hydrogen) atoms. The Balaban J connectivity index is 0.000000637. The second-order valence-corrected chi connectivity index (χ2v) is 6.12. The molecule has 1 spiro atoms. The Labute approximate surface area is 115 Å². The van der Waals surface area contributed by atoms with Crippen molar-refractivity contribution < 1.29 is 15.0 Å². The Hall–Kier alpha value is -0.930. The monoisotopic (exact) mass is 264 g/mol. The number of hydrogen-bond acceptors (Lipinski definition) is 3. The Kier molecular flexibility index (Phi) is 3.07. The van der Waals surface area contributed by atoms with E-state index in [-0.39, 0.29) is 11.7 Å². The van der Waals surface area contributed by atoms with E-state index in [2.05, 4.69) is 0 Å². The number of Topliss-reactive ketones (excluding diaryl/α,β-unsaturated/α-hetero) is 1. The number of ketones is 1. The molecule has 3 atom stereocenters. The summed E-state index contributed by atoms with van der Waals surface area (Å²) in [4.78, 5) is 12.4. The highest BCUT2D eigenvalue weighted by Crippen LogP contribution is 2.68. The predicted molar refractivity (Wildman–Crippen MR) is 74.6 cm³/mol. The van der Waals surface area contributed by atoms with Crippen LogP contribution < -0.4 is 0 Å². The number of rotatable bonds is 0. The molecule has 0 aliphatic heterocycles. The maximum Gasteiger partial charge on any atom is 0.191 e. The standard InChI is InChI=1S/C14H18O3.C2H6/c1-8-6-9-10(7-8)12(2,16)14(4-5-14)13(3,17)11(9)15;1-2/h6-7,10,16-17H,4-5H2,1-3H3;1-2H3. The van der Waals surface area contributed by atoms with Crippen LogP contribution in [-0.4, -0.2) is 27.2 Å². The Morgan fingerprint density at radius 2 is 1.74 bits per heavy atom. The van der Waals surface area contributed by atoms with Crippen molar-refractivity contribution in [1.82, 2.24) is 0 Å². The summed E-state index contributed by atoms with van der Waals surface area (Å²) in [6, 6.07) is 0. The van der Waals surface area contributed by atoms with Crippen LogP contribution in [0.1, 0.15) is 47.5 Å². The number of carbonyl (C=O) groups is 1. The number of fused-ring (bicyclic) bond motifs is 1. The third-order valence-electron chi connectivity index (χ3n) is 5.11. The molecule has 0 bridgehead atoms. The largest absolute Gasteiger partial charge is 0.389 e. The quantitative estimate of drug-likeness (QED) is 0.706. The van der Waals surface area contributed by atoms with E-state index in [4.69, 9.17) is 0 Å². The summed E-state index contributed by atoms with van der Waals surface area (Å²) in [5.41, 5.74) is -1.56. The van der Waals surface area contributed by atoms with E-state index in [0.717, 1.165) is 18.4 Å². The average Bonchev–Trinajstić information content (AvgIpc) is 3.09. The fraction of sp³-hybridized carbons (Fsp3) is 0.688. The van der Waals surface area contributed by atoms with E-state index in [9.17, 15) is 15.0 Å². The van der Waals surface area contributed by atoms with Crippen molar-refractivity contribution in [2.24, 2.45) is 11.3 Å². The smallest absolute Gasteiger partial charge is 0.191 e. The van der Waals surface area contributed by atoms with Crippen molar-refractivity contribution in [2.45, 2.75) is 58.7 Å². The molecule has 0 saturated heterocycles. The summed E-state index contributed by atoms with van der Waals surface area (Å²) in [7, 11) is 0. The summed E-state index contributed by atoms with van der Waals surface area (Å²) in [6.45, 7) is 9.24. The summed E-state index contributed by atoms with van der Waals surface area (Å²) in [5.74, 6) is -0.461. The van der Waals surface area contributed by atoms with Gasteiger partial charge in [-0.25, -0.2) is 0 Å². The van der Waals surface area contributed by atoms with Crippen LogP contribution in [0.25, 0.3) is 0 Å². The van der Waals surface area contributed by atoms with Gasteiger partial charge in [0.05, 0.1) is 5.60 Å². The normalized spacial score (nSPS) is 42.1. The first-order valence-electron chi connectivity index (χ1n) is 7.14. The highest BCUT2D eigenvalue weighted by molar-refractivity contribution is 6.06. The van der Waals surface area contributed by atoms with Gasteiger partial charge in [-0.2, -0.15) is 0 Å². The van der Waals surface area contributed by atoms with Gasteiger partial charge >= 0.3 is 0 Å². The Bertz CT molecular complexity index is 476. The molecule has 2 saturated carbocycles. The van der Waals surface area contributed by atoms with E-state index >= 15 is 0 Å². The predicted octanol–water partition coefficient (Wildman–Crippen LogP) is 2.38. The van der Waals surface area contributed by atoms with Gasteiger partial charge in [0.25, 0.3) is 0 Å². The minimum atomic E-state index is -1.43. The van der Waals surface area contributed by atoms with Gasteiger partial charge in [0.2, 0.25) is 0 Å². The fourth-order valence-corrected chi connectivity index (χ4v) is 3.81. The van der Waals surface area contributed by atoms with Crippen LogP contribution in [0.3, 0.4) is 0 Å². The van der Waals surface area contributed by atoms with Gasteiger partial charge in [0.1, 0.15) is 5.60 Å². The molecular weight excluding hydrogens is 240 g/mol. The highest BCUT2D eigenvalue weighted by Gasteiger charge is 2.74. The zero-order valence-corrected chi connectivity index (χ0v) is 12.4. The lowest BCUT2D eigenvalue weighted by Gasteiger charge is -2.50. The van der Waals surface area contributed by atoms with Gasteiger partial charge in [0, 0.05) is 16.9 Å². The first-order chi connectivity index (χ1) is 8.74. The summed E-state index contributed by atoms with van der Waals surface area (Å²) in [5, 5.41) is 21.3. The summed E-state index contributed by atoms with van der Waals surface area (Å²) in [6.07, 6.45) is 5.18. The fourth-order valence-electron chi connectivity index (χ4n) is 3.81. The average molecular weight is 264 g/mol. The van der Waals surface area contributed by atoms with Gasteiger partial charge in [-0.3, -0.25) is 4.79 Å².